The molecular weight excluding hydrogens is 266 g/mol. The van der Waals surface area contributed by atoms with Crippen LogP contribution in [0, 0.1) is 6.92 Å². The summed E-state index contributed by atoms with van der Waals surface area (Å²) in [4.78, 5) is 8.54. The van der Waals surface area contributed by atoms with Gasteiger partial charge >= 0.3 is 0 Å². The lowest BCUT2D eigenvalue weighted by Crippen LogP contribution is -2.27. The van der Waals surface area contributed by atoms with E-state index < -0.39 is 0 Å². The van der Waals surface area contributed by atoms with Crippen molar-refractivity contribution in [3.63, 3.8) is 0 Å². The van der Waals surface area contributed by atoms with E-state index in [0.717, 1.165) is 6.42 Å². The quantitative estimate of drug-likeness (QED) is 0.817. The molecule has 5 nitrogen and oxygen atoms in total. The number of nitrogens with one attached hydrogen (secondary N) is 1. The third-order valence-corrected chi connectivity index (χ3v) is 3.00. The molecule has 112 valence electrons. The summed E-state index contributed by atoms with van der Waals surface area (Å²) in [5, 5.41) is 12.8. The molecule has 0 radical (unpaired) electrons. The molecule has 21 heavy (non-hydrogen) atoms. The van der Waals surface area contributed by atoms with Crippen molar-refractivity contribution in [2.45, 2.75) is 26.3 Å². The number of hydrogen-bond acceptors (Lipinski definition) is 5. The highest BCUT2D eigenvalue weighted by molar-refractivity contribution is 5.40. The van der Waals surface area contributed by atoms with Crippen LogP contribution in [-0.4, -0.2) is 34.3 Å². The molecule has 0 amide bonds. The zero-order valence-electron chi connectivity index (χ0n) is 12.4. The lowest BCUT2D eigenvalue weighted by Gasteiger charge is -2.17. The first-order valence-corrected chi connectivity index (χ1v) is 7.11. The van der Waals surface area contributed by atoms with E-state index in [4.69, 9.17) is 4.74 Å². The van der Waals surface area contributed by atoms with Crippen molar-refractivity contribution in [2.75, 3.05) is 18.5 Å². The van der Waals surface area contributed by atoms with Crippen LogP contribution in [0.25, 0.3) is 0 Å². The standard InChI is InChI=1S/C16H21N3O2/c1-3-21-16-10-15(17-12(2)18-16)19-14(11-20)9-13-7-5-4-6-8-13/h4-8,10,14,20H,3,9,11H2,1-2H3,(H,17,18,19). The molecule has 1 aromatic heterocycles. The Morgan fingerprint density at radius 2 is 2.00 bits per heavy atom. The van der Waals surface area contributed by atoms with Gasteiger partial charge in [0, 0.05) is 6.07 Å². The molecule has 1 unspecified atom stereocenters. The van der Waals surface area contributed by atoms with Gasteiger partial charge in [0.05, 0.1) is 19.3 Å². The third-order valence-electron chi connectivity index (χ3n) is 3.00. The van der Waals surface area contributed by atoms with Gasteiger partial charge in [-0.2, -0.15) is 4.98 Å². The summed E-state index contributed by atoms with van der Waals surface area (Å²) in [7, 11) is 0. The molecular formula is C16H21N3O2. The monoisotopic (exact) mass is 287 g/mol. The van der Waals surface area contributed by atoms with Crippen LogP contribution in [0.5, 0.6) is 5.88 Å². The highest BCUT2D eigenvalue weighted by Gasteiger charge is 2.11. The van der Waals surface area contributed by atoms with Gasteiger partial charge in [-0.1, -0.05) is 30.3 Å². The van der Waals surface area contributed by atoms with Crippen molar-refractivity contribution in [1.29, 1.82) is 0 Å². The zero-order valence-corrected chi connectivity index (χ0v) is 12.4. The molecule has 0 saturated heterocycles. The summed E-state index contributed by atoms with van der Waals surface area (Å²) in [5.41, 5.74) is 1.17. The van der Waals surface area contributed by atoms with E-state index in [-0.39, 0.29) is 12.6 Å². The largest absolute Gasteiger partial charge is 0.478 e. The van der Waals surface area contributed by atoms with Gasteiger partial charge in [0.1, 0.15) is 11.6 Å². The van der Waals surface area contributed by atoms with E-state index in [1.54, 1.807) is 6.07 Å². The Labute approximate surface area is 125 Å². The normalized spacial score (nSPS) is 12.0. The Morgan fingerprint density at radius 3 is 2.67 bits per heavy atom. The van der Waals surface area contributed by atoms with Gasteiger partial charge in [-0.25, -0.2) is 4.98 Å². The second-order valence-corrected chi connectivity index (χ2v) is 4.79. The number of aliphatic hydroxyl groups excluding tert-OH is 1. The van der Waals surface area contributed by atoms with Crippen molar-refractivity contribution >= 4 is 5.82 Å². The van der Waals surface area contributed by atoms with Gasteiger partial charge in [0.15, 0.2) is 0 Å². The molecule has 2 aromatic rings. The maximum Gasteiger partial charge on any atom is 0.218 e. The number of rotatable bonds is 7. The van der Waals surface area contributed by atoms with Crippen molar-refractivity contribution < 1.29 is 9.84 Å². The molecule has 0 bridgehead atoms. The fourth-order valence-corrected chi connectivity index (χ4v) is 2.11. The van der Waals surface area contributed by atoms with E-state index in [1.165, 1.54) is 5.56 Å². The molecule has 0 spiro atoms. The lowest BCUT2D eigenvalue weighted by molar-refractivity contribution is 0.273. The van der Waals surface area contributed by atoms with Gasteiger partial charge in [0.2, 0.25) is 5.88 Å². The number of aliphatic hydroxyl groups is 1. The molecule has 2 rings (SSSR count). The number of aromatic nitrogens is 2. The Bertz CT molecular complexity index is 561. The summed E-state index contributed by atoms with van der Waals surface area (Å²) in [5.74, 6) is 1.85. The highest BCUT2D eigenvalue weighted by Crippen LogP contribution is 2.15. The first-order chi connectivity index (χ1) is 10.2. The van der Waals surface area contributed by atoms with Gasteiger partial charge in [0.25, 0.3) is 0 Å². The second-order valence-electron chi connectivity index (χ2n) is 4.79. The van der Waals surface area contributed by atoms with Crippen LogP contribution < -0.4 is 10.1 Å². The minimum atomic E-state index is -0.101. The number of nitrogens with zero attached hydrogens (tertiary/aromatic N) is 2. The predicted octanol–water partition coefficient (Wildman–Crippen LogP) is 2.20. The fourth-order valence-electron chi connectivity index (χ4n) is 2.11. The van der Waals surface area contributed by atoms with Crippen molar-refractivity contribution in [2.24, 2.45) is 0 Å². The van der Waals surface area contributed by atoms with E-state index in [1.807, 2.05) is 44.2 Å². The van der Waals surface area contributed by atoms with Crippen LogP contribution >= 0.6 is 0 Å². The van der Waals surface area contributed by atoms with Gasteiger partial charge < -0.3 is 15.2 Å². The molecule has 1 heterocycles. The second kappa shape index (κ2) is 7.59. The Balaban J connectivity index is 2.07. The lowest BCUT2D eigenvalue weighted by atomic mass is 10.1. The van der Waals surface area contributed by atoms with E-state index in [2.05, 4.69) is 15.3 Å². The average Bonchev–Trinajstić information content (AvgIpc) is 2.47. The molecule has 0 saturated carbocycles. The number of aryl methyl sites for hydroxylation is 1. The number of benzene rings is 1. The van der Waals surface area contributed by atoms with Crippen LogP contribution in [-0.2, 0) is 6.42 Å². The van der Waals surface area contributed by atoms with Gasteiger partial charge in [-0.3, -0.25) is 0 Å². The Morgan fingerprint density at radius 1 is 1.24 bits per heavy atom. The van der Waals surface area contributed by atoms with Gasteiger partial charge in [-0.15, -0.1) is 0 Å². The molecule has 1 atom stereocenters. The zero-order chi connectivity index (χ0) is 15.1. The molecule has 0 aliphatic rings. The molecule has 0 aliphatic heterocycles. The number of anilines is 1. The molecule has 2 N–H and O–H groups in total. The summed E-state index contributed by atoms with van der Waals surface area (Å²) in [6, 6.07) is 11.7. The topological polar surface area (TPSA) is 67.3 Å². The highest BCUT2D eigenvalue weighted by atomic mass is 16.5. The summed E-state index contributed by atoms with van der Waals surface area (Å²) < 4.78 is 5.41. The maximum atomic E-state index is 9.55. The van der Waals surface area contributed by atoms with Crippen molar-refractivity contribution in [3.8, 4) is 5.88 Å². The predicted molar refractivity (Wildman–Crippen MR) is 82.6 cm³/mol. The van der Waals surface area contributed by atoms with Crippen molar-refractivity contribution in [3.05, 3.63) is 47.8 Å². The van der Waals surface area contributed by atoms with Crippen LogP contribution in [0.3, 0.4) is 0 Å². The van der Waals surface area contributed by atoms with E-state index in [9.17, 15) is 5.11 Å². The van der Waals surface area contributed by atoms with Gasteiger partial charge in [-0.05, 0) is 25.8 Å². The number of hydrogen-bond donors (Lipinski definition) is 2. The molecule has 5 heteroatoms. The average molecular weight is 287 g/mol. The first kappa shape index (κ1) is 15.3. The maximum absolute atomic E-state index is 9.55. The molecule has 0 aliphatic carbocycles. The Kier molecular flexibility index (Phi) is 5.51. The third kappa shape index (κ3) is 4.72. The van der Waals surface area contributed by atoms with Crippen LogP contribution in [0.1, 0.15) is 18.3 Å². The molecule has 1 aromatic carbocycles. The molecule has 0 fully saturated rings. The van der Waals surface area contributed by atoms with Crippen LogP contribution in [0.15, 0.2) is 36.4 Å². The first-order valence-electron chi connectivity index (χ1n) is 7.11. The number of ether oxygens (including phenoxy) is 1. The minimum Gasteiger partial charge on any atom is -0.478 e. The fraction of sp³-hybridized carbons (Fsp3) is 0.375. The SMILES string of the molecule is CCOc1cc(NC(CO)Cc2ccccc2)nc(C)n1. The summed E-state index contributed by atoms with van der Waals surface area (Å²) in [6.45, 7) is 4.32. The smallest absolute Gasteiger partial charge is 0.218 e. The van der Waals surface area contributed by atoms with E-state index >= 15 is 0 Å². The summed E-state index contributed by atoms with van der Waals surface area (Å²) >= 11 is 0. The Hall–Kier alpha value is -2.14. The van der Waals surface area contributed by atoms with E-state index in [0.29, 0.717) is 24.1 Å². The summed E-state index contributed by atoms with van der Waals surface area (Å²) in [6.07, 6.45) is 0.727. The van der Waals surface area contributed by atoms with Crippen molar-refractivity contribution in [1.82, 2.24) is 9.97 Å². The van der Waals surface area contributed by atoms with Crippen LogP contribution in [0.2, 0.25) is 0 Å². The minimum absolute atomic E-state index is 0.0297. The van der Waals surface area contributed by atoms with Crippen LogP contribution in [0.4, 0.5) is 5.82 Å².